The summed E-state index contributed by atoms with van der Waals surface area (Å²) in [5, 5.41) is 60.8. The van der Waals surface area contributed by atoms with Crippen LogP contribution in [-0.4, -0.2) is 91.0 Å². The summed E-state index contributed by atoms with van der Waals surface area (Å²) < 4.78 is 28.2. The Balaban J connectivity index is 1.48. The second-order valence-corrected chi connectivity index (χ2v) is 23.5. The molecule has 0 N–H and O–H groups in total. The molecule has 2 aromatic carbocycles. The molecule has 348 valence electrons. The Morgan fingerprint density at radius 3 is 1.03 bits per heavy atom. The zero-order valence-corrected chi connectivity index (χ0v) is 40.9. The fourth-order valence-corrected chi connectivity index (χ4v) is 11.1. The van der Waals surface area contributed by atoms with Gasteiger partial charge in [0.05, 0.1) is 0 Å². The van der Waals surface area contributed by atoms with E-state index in [0.717, 1.165) is 10.8 Å². The van der Waals surface area contributed by atoms with Crippen molar-refractivity contribution >= 4 is 10.8 Å². The van der Waals surface area contributed by atoms with Gasteiger partial charge >= 0.3 is 0 Å². The lowest BCUT2D eigenvalue weighted by molar-refractivity contribution is -0.277. The van der Waals surface area contributed by atoms with Crippen molar-refractivity contribution in [3.05, 3.63) is 24.3 Å². The van der Waals surface area contributed by atoms with Gasteiger partial charge in [-0.2, -0.15) is 0 Å². The van der Waals surface area contributed by atoms with Gasteiger partial charge in [0.15, 0.2) is 11.5 Å². The third-order valence-electron chi connectivity index (χ3n) is 14.7. The van der Waals surface area contributed by atoms with Crippen LogP contribution in [0.25, 0.3) is 10.8 Å². The minimum Gasteiger partial charge on any atom is -0.490 e. The van der Waals surface area contributed by atoms with E-state index >= 15 is 0 Å². The van der Waals surface area contributed by atoms with Gasteiger partial charge in [-0.1, -0.05) is 55.4 Å². The molecule has 0 bridgehead atoms. The predicted octanol–water partition coefficient (Wildman–Crippen LogP) is 10.8. The molecule has 8 unspecified atom stereocenters. The van der Waals surface area contributed by atoms with Crippen LogP contribution in [-0.2, 0) is 20.8 Å². The van der Waals surface area contributed by atoms with E-state index in [4.69, 9.17) is 18.9 Å². The van der Waals surface area contributed by atoms with Crippen LogP contribution < -0.4 is 18.9 Å². The molecule has 0 aromatic heterocycles. The summed E-state index contributed by atoms with van der Waals surface area (Å²) in [5.74, 6) is 2.99. The average molecular weight is 865 g/mol. The molecule has 0 aliphatic carbocycles. The molecule has 62 heavy (non-hydrogen) atoms. The molecule has 8 atom stereocenters. The van der Waals surface area contributed by atoms with E-state index < -0.39 is 22.2 Å². The number of piperidine rings is 4. The number of hydrogen-bond acceptors (Lipinski definition) is 8. The lowest BCUT2D eigenvalue weighted by atomic mass is 9.82. The predicted molar refractivity (Wildman–Crippen MR) is 239 cm³/mol. The molecule has 0 saturated carbocycles. The first-order valence-electron chi connectivity index (χ1n) is 23.7. The Morgan fingerprint density at radius 2 is 0.710 bits per heavy atom. The van der Waals surface area contributed by atoms with Crippen molar-refractivity contribution in [2.75, 3.05) is 0 Å². The lowest BCUT2D eigenvalue weighted by Crippen LogP contribution is -2.57. The Kier molecular flexibility index (Phi) is 14.3. The average Bonchev–Trinajstić information content (AvgIpc) is 3.13. The van der Waals surface area contributed by atoms with E-state index in [2.05, 4.69) is 55.4 Å². The summed E-state index contributed by atoms with van der Waals surface area (Å²) in [6, 6.07) is 7.27. The van der Waals surface area contributed by atoms with Crippen molar-refractivity contribution in [2.45, 2.75) is 233 Å². The van der Waals surface area contributed by atoms with Crippen molar-refractivity contribution in [3.8, 4) is 23.0 Å². The van der Waals surface area contributed by atoms with Crippen LogP contribution in [0.1, 0.15) is 162 Å². The van der Waals surface area contributed by atoms with Gasteiger partial charge in [0.25, 0.3) is 0 Å². The maximum Gasteiger partial charge on any atom is 0.162 e. The van der Waals surface area contributed by atoms with E-state index in [-0.39, 0.29) is 72.3 Å². The third-order valence-corrected chi connectivity index (χ3v) is 14.7. The summed E-state index contributed by atoms with van der Waals surface area (Å²) in [6.07, 6.45) is 3.60. The normalized spacial score (nSPS) is 32.2. The zero-order chi connectivity index (χ0) is 46.0. The monoisotopic (exact) mass is 865 g/mol. The second-order valence-electron chi connectivity index (χ2n) is 23.5. The van der Waals surface area contributed by atoms with E-state index in [9.17, 15) is 20.8 Å². The molecule has 4 saturated heterocycles. The van der Waals surface area contributed by atoms with Gasteiger partial charge in [-0.3, -0.25) is 0 Å². The number of fused-ring (bicyclic) bond motifs is 1. The van der Waals surface area contributed by atoms with Crippen LogP contribution in [0.4, 0.5) is 0 Å². The van der Waals surface area contributed by atoms with Crippen LogP contribution in [0.3, 0.4) is 0 Å². The summed E-state index contributed by atoms with van der Waals surface area (Å²) >= 11 is 0. The van der Waals surface area contributed by atoms with Crippen molar-refractivity contribution in [1.82, 2.24) is 20.3 Å². The smallest absolute Gasteiger partial charge is 0.162 e. The fourth-order valence-electron chi connectivity index (χ4n) is 11.1. The first kappa shape index (κ1) is 49.0. The fraction of sp³-hybridized carbons (Fsp3) is 0.800. The van der Waals surface area contributed by atoms with Crippen LogP contribution in [0.2, 0.25) is 0 Å². The number of hydroxylamine groups is 8. The quantitative estimate of drug-likeness (QED) is 0.206. The molecule has 12 heteroatoms. The van der Waals surface area contributed by atoms with Gasteiger partial charge in [-0.15, -0.1) is 41.1 Å². The topological polar surface area (TPSA) is 129 Å². The maximum atomic E-state index is 13.5. The molecule has 4 aliphatic rings. The minimum absolute atomic E-state index is 0.137. The van der Waals surface area contributed by atoms with Gasteiger partial charge in [-0.25, -0.2) is 0 Å². The first-order valence-corrected chi connectivity index (χ1v) is 23.7. The summed E-state index contributed by atoms with van der Waals surface area (Å²) in [6.45, 7) is 32.7. The minimum atomic E-state index is -0.632. The number of nitrogens with zero attached hydrogens (tertiary/aromatic N) is 4. The molecule has 0 amide bonds. The van der Waals surface area contributed by atoms with Crippen LogP contribution in [0, 0.1) is 23.7 Å². The SMILES string of the molecule is CC(C)C1CC(Oc2cc(OC3CC(C(C)C)N([O])C(C)(C)C3)c3cc(OC4CC(C(C)C)N([O])C(C)(C)C4)c(OC4CC(C(C)C)N([O])C(C)(C)C4)cc3c2)CC(C)(C)N1[O]. The molecule has 4 heterocycles. The van der Waals surface area contributed by atoms with Gasteiger partial charge < -0.3 is 18.9 Å². The highest BCUT2D eigenvalue weighted by Gasteiger charge is 2.48. The van der Waals surface area contributed by atoms with Crippen LogP contribution in [0.5, 0.6) is 23.0 Å². The highest BCUT2D eigenvalue weighted by molar-refractivity contribution is 5.92. The van der Waals surface area contributed by atoms with Gasteiger partial charge in [0.1, 0.15) is 35.9 Å². The number of rotatable bonds is 12. The molecular weight excluding hydrogens is 785 g/mol. The molecule has 4 fully saturated rings. The third kappa shape index (κ3) is 10.3. The standard InChI is InChI=1S/C50H80N4O8/c1-29(2)40-19-35(25-47(9,10)51(40)55)59-34-17-33-18-45(61-37-21-42(31(5)6)53(57)49(13,14)27-37)46(62-38-22-43(32(7)8)54(58)50(15,16)28-38)24-39(33)44(23-34)60-36-20-41(30(3)4)52(56)48(11,12)26-36/h17-18,23-24,29-32,35-38,40-43H,19-22,25-28H2,1-16H3. The zero-order valence-electron chi connectivity index (χ0n) is 40.9. The van der Waals surface area contributed by atoms with Crippen molar-refractivity contribution in [2.24, 2.45) is 23.7 Å². The van der Waals surface area contributed by atoms with Crippen molar-refractivity contribution < 1.29 is 39.8 Å². The largest absolute Gasteiger partial charge is 0.490 e. The van der Waals surface area contributed by atoms with Gasteiger partial charge in [0.2, 0.25) is 0 Å². The Morgan fingerprint density at radius 1 is 0.419 bits per heavy atom. The van der Waals surface area contributed by atoms with E-state index in [1.807, 2.05) is 79.7 Å². The summed E-state index contributed by atoms with van der Waals surface area (Å²) in [5.41, 5.74) is -2.49. The lowest BCUT2D eigenvalue weighted by Gasteiger charge is -2.47. The molecule has 6 rings (SSSR count). The molecule has 4 aliphatic heterocycles. The highest BCUT2D eigenvalue weighted by Crippen LogP contribution is 2.47. The Labute approximate surface area is 373 Å². The van der Waals surface area contributed by atoms with Crippen molar-refractivity contribution in [1.29, 1.82) is 0 Å². The molecule has 0 spiro atoms. The number of benzene rings is 2. The van der Waals surface area contributed by atoms with E-state index in [1.54, 1.807) is 0 Å². The van der Waals surface area contributed by atoms with E-state index in [0.29, 0.717) is 74.4 Å². The van der Waals surface area contributed by atoms with Gasteiger partial charge in [0, 0.05) is 109 Å². The summed E-state index contributed by atoms with van der Waals surface area (Å²) in [7, 11) is 0. The van der Waals surface area contributed by atoms with Gasteiger partial charge in [-0.05, 0) is 103 Å². The van der Waals surface area contributed by atoms with Crippen molar-refractivity contribution in [3.63, 3.8) is 0 Å². The van der Waals surface area contributed by atoms with E-state index in [1.165, 1.54) is 20.3 Å². The number of hydrogen-bond donors (Lipinski definition) is 0. The van der Waals surface area contributed by atoms with Crippen LogP contribution in [0.15, 0.2) is 24.3 Å². The molecule has 12 nitrogen and oxygen atoms in total. The maximum absolute atomic E-state index is 13.5. The Bertz CT molecular complexity index is 1850. The highest BCUT2D eigenvalue weighted by atomic mass is 16.5. The van der Waals surface area contributed by atoms with Crippen LogP contribution >= 0.6 is 0 Å². The Hall–Kier alpha value is -2.42. The first-order chi connectivity index (χ1) is 28.6. The summed E-state index contributed by atoms with van der Waals surface area (Å²) in [4.78, 5) is 0. The molecule has 4 radical (unpaired) electrons. The number of ether oxygens (including phenoxy) is 4. The molecular formula is C50H80N4O8. The second kappa shape index (κ2) is 18.1. The molecule has 2 aromatic rings.